The first-order valence-electron chi connectivity index (χ1n) is 9.02. The van der Waals surface area contributed by atoms with Crippen molar-refractivity contribution >= 4 is 11.8 Å². The van der Waals surface area contributed by atoms with Gasteiger partial charge in [0, 0.05) is 13.1 Å². The van der Waals surface area contributed by atoms with Crippen molar-refractivity contribution in [2.24, 2.45) is 0 Å². The minimum atomic E-state index is -0.468. The lowest BCUT2D eigenvalue weighted by Gasteiger charge is -2.24. The van der Waals surface area contributed by atoms with Crippen LogP contribution in [0.5, 0.6) is 5.75 Å². The first-order chi connectivity index (χ1) is 13.1. The Bertz CT molecular complexity index is 810. The van der Waals surface area contributed by atoms with Crippen LogP contribution in [-0.2, 0) is 22.6 Å². The zero-order valence-corrected chi connectivity index (χ0v) is 15.3. The number of likely N-dealkylation sites (tertiary alicyclic amines) is 1. The summed E-state index contributed by atoms with van der Waals surface area (Å²) in [4.78, 5) is 26.8. The summed E-state index contributed by atoms with van der Waals surface area (Å²) in [6, 6.07) is 13.6. The van der Waals surface area contributed by atoms with Crippen LogP contribution in [0.4, 0.5) is 4.39 Å². The maximum absolute atomic E-state index is 13.8. The number of nitrogens with one attached hydrogen (secondary N) is 1. The van der Waals surface area contributed by atoms with E-state index in [1.54, 1.807) is 11.0 Å². The van der Waals surface area contributed by atoms with Crippen molar-refractivity contribution in [2.75, 3.05) is 13.7 Å². The van der Waals surface area contributed by atoms with Crippen LogP contribution in [-0.4, -0.2) is 36.4 Å². The molecule has 3 rings (SSSR count). The van der Waals surface area contributed by atoms with E-state index in [4.69, 9.17) is 4.74 Å². The minimum absolute atomic E-state index is 0.0469. The summed E-state index contributed by atoms with van der Waals surface area (Å²) < 4.78 is 18.6. The van der Waals surface area contributed by atoms with Crippen molar-refractivity contribution in [3.63, 3.8) is 0 Å². The number of methoxy groups -OCH3 is 1. The van der Waals surface area contributed by atoms with Crippen LogP contribution in [0.25, 0.3) is 0 Å². The molecule has 1 atom stereocenters. The van der Waals surface area contributed by atoms with E-state index in [0.29, 0.717) is 18.5 Å². The molecule has 1 unspecified atom stereocenters. The third-order valence-corrected chi connectivity index (χ3v) is 4.76. The van der Waals surface area contributed by atoms with Crippen molar-refractivity contribution < 1.29 is 18.7 Å². The molecule has 0 aliphatic carbocycles. The van der Waals surface area contributed by atoms with Crippen LogP contribution < -0.4 is 10.1 Å². The maximum atomic E-state index is 13.8. The molecule has 0 radical (unpaired) electrons. The van der Waals surface area contributed by atoms with Crippen molar-refractivity contribution in [3.05, 3.63) is 65.5 Å². The van der Waals surface area contributed by atoms with Crippen molar-refractivity contribution in [2.45, 2.75) is 31.8 Å². The lowest BCUT2D eigenvalue weighted by atomic mass is 10.1. The van der Waals surface area contributed by atoms with E-state index in [1.165, 1.54) is 19.2 Å². The molecule has 27 heavy (non-hydrogen) atoms. The molecular weight excluding hydrogens is 347 g/mol. The molecule has 1 heterocycles. The summed E-state index contributed by atoms with van der Waals surface area (Å²) in [5.41, 5.74) is 1.57. The van der Waals surface area contributed by atoms with Gasteiger partial charge in [-0.3, -0.25) is 9.59 Å². The standard InChI is InChI=1S/C21H23FN2O3/c1-27-19-10-9-16(12-17(19)22)14-23-21(26)18-8-5-11-24(18)20(25)13-15-6-3-2-4-7-15/h2-4,6-7,9-10,12,18H,5,8,11,13-14H2,1H3,(H,23,26). The van der Waals surface area contributed by atoms with Crippen molar-refractivity contribution in [3.8, 4) is 5.75 Å². The zero-order valence-electron chi connectivity index (χ0n) is 15.3. The van der Waals surface area contributed by atoms with E-state index in [-0.39, 0.29) is 30.5 Å². The molecular formula is C21H23FN2O3. The number of amides is 2. The topological polar surface area (TPSA) is 58.6 Å². The van der Waals surface area contributed by atoms with Gasteiger partial charge in [0.05, 0.1) is 13.5 Å². The molecule has 0 spiro atoms. The summed E-state index contributed by atoms with van der Waals surface area (Å²) in [6.45, 7) is 0.790. The van der Waals surface area contributed by atoms with Gasteiger partial charge in [-0.25, -0.2) is 4.39 Å². The minimum Gasteiger partial charge on any atom is -0.494 e. The molecule has 2 amide bonds. The number of carbonyl (C=O) groups is 2. The first kappa shape index (κ1) is 18.9. The third-order valence-electron chi connectivity index (χ3n) is 4.76. The fourth-order valence-electron chi connectivity index (χ4n) is 3.34. The summed E-state index contributed by atoms with van der Waals surface area (Å²) in [6.07, 6.45) is 1.73. The van der Waals surface area contributed by atoms with Crippen LogP contribution in [0.1, 0.15) is 24.0 Å². The number of rotatable bonds is 6. The highest BCUT2D eigenvalue weighted by atomic mass is 19.1. The van der Waals surface area contributed by atoms with Gasteiger partial charge in [-0.1, -0.05) is 36.4 Å². The molecule has 1 N–H and O–H groups in total. The molecule has 1 aliphatic heterocycles. The predicted octanol–water partition coefficient (Wildman–Crippen LogP) is 2.68. The Morgan fingerprint density at radius 2 is 1.96 bits per heavy atom. The van der Waals surface area contributed by atoms with Gasteiger partial charge in [-0.2, -0.15) is 0 Å². The first-order valence-corrected chi connectivity index (χ1v) is 9.02. The summed E-state index contributed by atoms with van der Waals surface area (Å²) in [5, 5.41) is 2.81. The SMILES string of the molecule is COc1ccc(CNC(=O)C2CCCN2C(=O)Cc2ccccc2)cc1F. The van der Waals surface area contributed by atoms with Crippen LogP contribution in [0.3, 0.4) is 0 Å². The summed E-state index contributed by atoms with van der Waals surface area (Å²) in [7, 11) is 1.40. The van der Waals surface area contributed by atoms with Crippen LogP contribution in [0.15, 0.2) is 48.5 Å². The molecule has 1 aliphatic rings. The van der Waals surface area contributed by atoms with Crippen LogP contribution in [0, 0.1) is 5.82 Å². The Morgan fingerprint density at radius 3 is 2.67 bits per heavy atom. The van der Waals surface area contributed by atoms with Crippen LogP contribution in [0.2, 0.25) is 0 Å². The molecule has 0 saturated carbocycles. The van der Waals surface area contributed by atoms with E-state index < -0.39 is 11.9 Å². The second-order valence-electron chi connectivity index (χ2n) is 6.59. The molecule has 5 nitrogen and oxygen atoms in total. The number of hydrogen-bond acceptors (Lipinski definition) is 3. The number of ether oxygens (including phenoxy) is 1. The average molecular weight is 370 g/mol. The van der Waals surface area contributed by atoms with E-state index in [1.807, 2.05) is 30.3 Å². The Labute approximate surface area is 158 Å². The van der Waals surface area contributed by atoms with Gasteiger partial charge < -0.3 is 15.0 Å². The Balaban J connectivity index is 1.58. The number of halogens is 1. The second-order valence-corrected chi connectivity index (χ2v) is 6.59. The van der Waals surface area contributed by atoms with Gasteiger partial charge in [0.1, 0.15) is 6.04 Å². The Morgan fingerprint density at radius 1 is 1.19 bits per heavy atom. The zero-order chi connectivity index (χ0) is 19.2. The number of nitrogens with zero attached hydrogens (tertiary/aromatic N) is 1. The summed E-state index contributed by atoms with van der Waals surface area (Å²) in [5.74, 6) is -0.553. The smallest absolute Gasteiger partial charge is 0.243 e. The molecule has 2 aromatic rings. The fourth-order valence-corrected chi connectivity index (χ4v) is 3.34. The van der Waals surface area contributed by atoms with Crippen LogP contribution >= 0.6 is 0 Å². The van der Waals surface area contributed by atoms with Gasteiger partial charge in [-0.05, 0) is 36.1 Å². The van der Waals surface area contributed by atoms with Crippen molar-refractivity contribution in [1.82, 2.24) is 10.2 Å². The second kappa shape index (κ2) is 8.66. The highest BCUT2D eigenvalue weighted by molar-refractivity contribution is 5.89. The van der Waals surface area contributed by atoms with Gasteiger partial charge in [0.15, 0.2) is 11.6 Å². The molecule has 6 heteroatoms. The number of benzene rings is 2. The third kappa shape index (κ3) is 4.64. The van der Waals surface area contributed by atoms with Gasteiger partial charge in [-0.15, -0.1) is 0 Å². The fraction of sp³-hybridized carbons (Fsp3) is 0.333. The Kier molecular flexibility index (Phi) is 6.06. The monoisotopic (exact) mass is 370 g/mol. The van der Waals surface area contributed by atoms with E-state index in [0.717, 1.165) is 12.0 Å². The predicted molar refractivity (Wildman–Crippen MR) is 99.7 cm³/mol. The van der Waals surface area contributed by atoms with Gasteiger partial charge in [0.25, 0.3) is 0 Å². The molecule has 1 fully saturated rings. The quantitative estimate of drug-likeness (QED) is 0.851. The number of hydrogen-bond donors (Lipinski definition) is 1. The van der Waals surface area contributed by atoms with E-state index in [2.05, 4.69) is 5.32 Å². The lowest BCUT2D eigenvalue weighted by Crippen LogP contribution is -2.46. The average Bonchev–Trinajstić information content (AvgIpc) is 3.17. The molecule has 1 saturated heterocycles. The van der Waals surface area contributed by atoms with Crippen molar-refractivity contribution in [1.29, 1.82) is 0 Å². The van der Waals surface area contributed by atoms with Gasteiger partial charge in [0.2, 0.25) is 11.8 Å². The van der Waals surface area contributed by atoms with E-state index in [9.17, 15) is 14.0 Å². The highest BCUT2D eigenvalue weighted by Gasteiger charge is 2.33. The lowest BCUT2D eigenvalue weighted by molar-refractivity contribution is -0.138. The molecule has 0 aromatic heterocycles. The number of carbonyl (C=O) groups excluding carboxylic acids is 2. The Hall–Kier alpha value is -2.89. The van der Waals surface area contributed by atoms with Gasteiger partial charge >= 0.3 is 0 Å². The molecule has 0 bridgehead atoms. The molecule has 2 aromatic carbocycles. The largest absolute Gasteiger partial charge is 0.494 e. The van der Waals surface area contributed by atoms with E-state index >= 15 is 0 Å². The summed E-state index contributed by atoms with van der Waals surface area (Å²) >= 11 is 0. The highest BCUT2D eigenvalue weighted by Crippen LogP contribution is 2.20. The molecule has 142 valence electrons. The normalized spacial score (nSPS) is 16.2. The maximum Gasteiger partial charge on any atom is 0.243 e.